The van der Waals surface area contributed by atoms with Crippen LogP contribution in [0.15, 0.2) is 54.6 Å². The van der Waals surface area contributed by atoms with Gasteiger partial charge >= 0.3 is 0 Å². The highest BCUT2D eigenvalue weighted by Gasteiger charge is 2.35. The van der Waals surface area contributed by atoms with Crippen LogP contribution in [0.2, 0.25) is 0 Å². The number of hydrogen-bond acceptors (Lipinski definition) is 4. The molecule has 2 N–H and O–H groups in total. The highest BCUT2D eigenvalue weighted by molar-refractivity contribution is 6.02. The van der Waals surface area contributed by atoms with Gasteiger partial charge in [0.2, 0.25) is 0 Å². The number of benzene rings is 2. The highest BCUT2D eigenvalue weighted by Crippen LogP contribution is 2.27. The summed E-state index contributed by atoms with van der Waals surface area (Å²) in [4.78, 5) is 25.5. The second kappa shape index (κ2) is 7.47. The zero-order valence-corrected chi connectivity index (χ0v) is 15.1. The van der Waals surface area contributed by atoms with E-state index in [1.807, 2.05) is 44.2 Å². The average molecular weight is 353 g/mol. The molecule has 0 aliphatic carbocycles. The second-order valence-corrected chi connectivity index (χ2v) is 6.60. The van der Waals surface area contributed by atoms with Gasteiger partial charge in [0.05, 0.1) is 5.56 Å². The van der Waals surface area contributed by atoms with E-state index in [2.05, 4.69) is 10.7 Å². The topological polar surface area (TPSA) is 70.7 Å². The summed E-state index contributed by atoms with van der Waals surface area (Å²) >= 11 is 0. The minimum absolute atomic E-state index is 0.0953. The van der Waals surface area contributed by atoms with Gasteiger partial charge in [0.25, 0.3) is 11.8 Å². The molecule has 6 nitrogen and oxygen atoms in total. The quantitative estimate of drug-likeness (QED) is 0.867. The Morgan fingerprint density at radius 3 is 2.42 bits per heavy atom. The number of carbonyl (C=O) groups excluding carboxylic acids is 2. The van der Waals surface area contributed by atoms with E-state index in [9.17, 15) is 9.59 Å². The third-order valence-electron chi connectivity index (χ3n) is 4.25. The van der Waals surface area contributed by atoms with Gasteiger partial charge in [-0.1, -0.05) is 44.2 Å². The van der Waals surface area contributed by atoms with Crippen LogP contribution in [0, 0.1) is 5.92 Å². The van der Waals surface area contributed by atoms with Crippen molar-refractivity contribution in [2.75, 3.05) is 5.32 Å². The lowest BCUT2D eigenvalue weighted by molar-refractivity contribution is -0.132. The standard InChI is InChI=1S/C20H23N3O3/c1-13(2)18-21-17-12-8-7-11-16(17)20(25)23(18)22-19(24)14(3)26-15-9-5-4-6-10-15/h4-14,18,21H,1-3H3,(H,22,24). The molecule has 2 amide bonds. The summed E-state index contributed by atoms with van der Waals surface area (Å²) in [5.41, 5.74) is 4.02. The zero-order valence-electron chi connectivity index (χ0n) is 15.1. The Balaban J connectivity index is 1.76. The van der Waals surface area contributed by atoms with Gasteiger partial charge in [-0.2, -0.15) is 0 Å². The van der Waals surface area contributed by atoms with Crippen LogP contribution < -0.4 is 15.5 Å². The molecule has 1 aliphatic heterocycles. The van der Waals surface area contributed by atoms with Crippen LogP contribution in [0.25, 0.3) is 0 Å². The molecule has 6 heteroatoms. The maximum absolute atomic E-state index is 12.9. The van der Waals surface area contributed by atoms with E-state index in [0.29, 0.717) is 11.3 Å². The van der Waals surface area contributed by atoms with Gasteiger partial charge in [-0.15, -0.1) is 0 Å². The van der Waals surface area contributed by atoms with Crippen molar-refractivity contribution in [2.45, 2.75) is 33.0 Å². The van der Waals surface area contributed by atoms with E-state index in [-0.39, 0.29) is 23.9 Å². The summed E-state index contributed by atoms with van der Waals surface area (Å²) in [5, 5.41) is 4.68. The fraction of sp³-hybridized carbons (Fsp3) is 0.300. The van der Waals surface area contributed by atoms with Crippen LogP contribution in [0.3, 0.4) is 0 Å². The van der Waals surface area contributed by atoms with Crippen molar-refractivity contribution >= 4 is 17.5 Å². The van der Waals surface area contributed by atoms with Crippen LogP contribution in [0.4, 0.5) is 5.69 Å². The third-order valence-corrected chi connectivity index (χ3v) is 4.25. The molecule has 3 rings (SSSR count). The lowest BCUT2D eigenvalue weighted by Gasteiger charge is -2.40. The molecular weight excluding hydrogens is 330 g/mol. The molecule has 136 valence electrons. The van der Waals surface area contributed by atoms with Gasteiger partial charge in [-0.25, -0.2) is 5.01 Å². The van der Waals surface area contributed by atoms with Crippen molar-refractivity contribution in [3.63, 3.8) is 0 Å². The van der Waals surface area contributed by atoms with Crippen molar-refractivity contribution in [3.8, 4) is 5.75 Å². The number of carbonyl (C=O) groups is 2. The summed E-state index contributed by atoms with van der Waals surface area (Å²) in [7, 11) is 0. The molecule has 1 heterocycles. The second-order valence-electron chi connectivity index (χ2n) is 6.60. The van der Waals surface area contributed by atoms with Crippen LogP contribution in [-0.4, -0.2) is 29.1 Å². The number of anilines is 1. The Kier molecular flexibility index (Phi) is 5.11. The largest absolute Gasteiger partial charge is 0.481 e. The fourth-order valence-corrected chi connectivity index (χ4v) is 2.83. The maximum Gasteiger partial charge on any atom is 0.279 e. The van der Waals surface area contributed by atoms with Crippen molar-refractivity contribution < 1.29 is 14.3 Å². The number of ether oxygens (including phenoxy) is 1. The Morgan fingerprint density at radius 2 is 1.73 bits per heavy atom. The Morgan fingerprint density at radius 1 is 1.08 bits per heavy atom. The molecule has 0 fully saturated rings. The first-order valence-corrected chi connectivity index (χ1v) is 8.68. The van der Waals surface area contributed by atoms with Crippen molar-refractivity contribution in [3.05, 3.63) is 60.2 Å². The number of nitrogens with one attached hydrogen (secondary N) is 2. The molecule has 0 spiro atoms. The SMILES string of the molecule is CC(Oc1ccccc1)C(=O)NN1C(=O)c2ccccc2NC1C(C)C. The normalized spacial score (nSPS) is 17.3. The Hall–Kier alpha value is -3.02. The molecule has 2 unspecified atom stereocenters. The summed E-state index contributed by atoms with van der Waals surface area (Å²) in [6.07, 6.45) is -1.08. The number of fused-ring (bicyclic) bond motifs is 1. The van der Waals surface area contributed by atoms with E-state index in [1.165, 1.54) is 5.01 Å². The van der Waals surface area contributed by atoms with Gasteiger partial charge < -0.3 is 10.1 Å². The fourth-order valence-electron chi connectivity index (χ4n) is 2.83. The van der Waals surface area contributed by atoms with E-state index in [1.54, 1.807) is 31.2 Å². The van der Waals surface area contributed by atoms with Crippen LogP contribution in [-0.2, 0) is 4.79 Å². The Labute approximate surface area is 153 Å². The van der Waals surface area contributed by atoms with Crippen molar-refractivity contribution in [2.24, 2.45) is 5.92 Å². The number of para-hydroxylation sites is 2. The van der Waals surface area contributed by atoms with Crippen molar-refractivity contribution in [1.82, 2.24) is 10.4 Å². The molecule has 0 saturated carbocycles. The van der Waals surface area contributed by atoms with Crippen LogP contribution in [0.1, 0.15) is 31.1 Å². The van der Waals surface area contributed by atoms with Gasteiger partial charge in [0.15, 0.2) is 6.10 Å². The van der Waals surface area contributed by atoms with Crippen LogP contribution in [0.5, 0.6) is 5.75 Å². The lowest BCUT2D eigenvalue weighted by atomic mass is 10.0. The van der Waals surface area contributed by atoms with Gasteiger partial charge in [0.1, 0.15) is 11.9 Å². The number of hydrazine groups is 1. The van der Waals surface area contributed by atoms with Gasteiger partial charge in [0, 0.05) is 5.69 Å². The molecule has 2 aromatic rings. The van der Waals surface area contributed by atoms with E-state index in [4.69, 9.17) is 4.74 Å². The van der Waals surface area contributed by atoms with E-state index in [0.717, 1.165) is 5.69 Å². The number of hydrogen-bond donors (Lipinski definition) is 2. The monoisotopic (exact) mass is 353 g/mol. The molecule has 26 heavy (non-hydrogen) atoms. The summed E-state index contributed by atoms with van der Waals surface area (Å²) in [5.74, 6) is 0.0781. The first-order valence-electron chi connectivity index (χ1n) is 8.68. The summed E-state index contributed by atoms with van der Waals surface area (Å²) in [6, 6.07) is 16.4. The predicted octanol–water partition coefficient (Wildman–Crippen LogP) is 3.04. The van der Waals surface area contributed by atoms with E-state index < -0.39 is 6.10 Å². The first-order chi connectivity index (χ1) is 12.5. The summed E-state index contributed by atoms with van der Waals surface area (Å²) in [6.45, 7) is 5.63. The van der Waals surface area contributed by atoms with Gasteiger partial charge in [-0.3, -0.25) is 15.0 Å². The molecule has 1 aliphatic rings. The minimum atomic E-state index is -0.741. The maximum atomic E-state index is 12.9. The number of nitrogens with zero attached hydrogens (tertiary/aromatic N) is 1. The summed E-state index contributed by atoms with van der Waals surface area (Å²) < 4.78 is 5.65. The minimum Gasteiger partial charge on any atom is -0.481 e. The van der Waals surface area contributed by atoms with Crippen LogP contribution >= 0.6 is 0 Å². The smallest absolute Gasteiger partial charge is 0.279 e. The molecule has 0 aromatic heterocycles. The third kappa shape index (κ3) is 3.64. The molecule has 2 aromatic carbocycles. The molecular formula is C20H23N3O3. The predicted molar refractivity (Wildman–Crippen MR) is 99.5 cm³/mol. The average Bonchev–Trinajstić information content (AvgIpc) is 2.64. The first kappa shape index (κ1) is 17.8. The molecule has 2 atom stereocenters. The highest BCUT2D eigenvalue weighted by atomic mass is 16.5. The lowest BCUT2D eigenvalue weighted by Crippen LogP contribution is -2.60. The molecule has 0 radical (unpaired) electrons. The zero-order chi connectivity index (χ0) is 18.7. The van der Waals surface area contributed by atoms with Gasteiger partial charge in [-0.05, 0) is 37.1 Å². The Bertz CT molecular complexity index is 792. The number of amides is 2. The molecule has 0 saturated heterocycles. The van der Waals surface area contributed by atoms with E-state index >= 15 is 0 Å². The van der Waals surface area contributed by atoms with Crippen molar-refractivity contribution in [1.29, 1.82) is 0 Å². The number of rotatable bonds is 5. The molecule has 0 bridgehead atoms.